The van der Waals surface area contributed by atoms with Crippen LogP contribution in [0, 0.1) is 0 Å². The fraction of sp³-hybridized carbons (Fsp3) is 0.400. The van der Waals surface area contributed by atoms with Crippen LogP contribution in [0.3, 0.4) is 0 Å². The summed E-state index contributed by atoms with van der Waals surface area (Å²) in [7, 11) is 3.23. The first kappa shape index (κ1) is 14.1. The molecule has 102 valence electrons. The van der Waals surface area contributed by atoms with Crippen LogP contribution >= 0.6 is 11.6 Å². The average Bonchev–Trinajstić information content (AvgIpc) is 2.44. The molecule has 2 atom stereocenters. The zero-order valence-electron chi connectivity index (χ0n) is 11.1. The maximum absolute atomic E-state index is 12.1. The third-order valence-corrected chi connectivity index (χ3v) is 3.72. The van der Waals surface area contributed by atoms with E-state index in [2.05, 4.69) is 0 Å². The predicted octanol–water partition coefficient (Wildman–Crippen LogP) is 3.06. The van der Waals surface area contributed by atoms with Crippen molar-refractivity contribution in [3.05, 3.63) is 35.4 Å². The van der Waals surface area contributed by atoms with Crippen LogP contribution < -0.4 is 4.74 Å². The van der Waals surface area contributed by atoms with Crippen molar-refractivity contribution in [1.82, 2.24) is 0 Å². The quantitative estimate of drug-likeness (QED) is 0.630. The van der Waals surface area contributed by atoms with E-state index in [9.17, 15) is 4.79 Å². The minimum Gasteiger partial charge on any atom is -0.497 e. The fourth-order valence-electron chi connectivity index (χ4n) is 2.24. The predicted molar refractivity (Wildman–Crippen MR) is 75.7 cm³/mol. The van der Waals surface area contributed by atoms with Gasteiger partial charge in [-0.3, -0.25) is 4.79 Å². The average molecular weight is 281 g/mol. The Balaban J connectivity index is 2.34. The van der Waals surface area contributed by atoms with Crippen molar-refractivity contribution in [3.63, 3.8) is 0 Å². The number of rotatable bonds is 3. The number of benzene rings is 1. The molecule has 0 radical (unpaired) electrons. The lowest BCUT2D eigenvalue weighted by Gasteiger charge is -2.26. The molecule has 1 aromatic carbocycles. The normalized spacial score (nSPS) is 25.6. The molecule has 0 spiro atoms. The number of ketones is 1. The third kappa shape index (κ3) is 3.17. The van der Waals surface area contributed by atoms with E-state index in [1.165, 1.54) is 0 Å². The van der Waals surface area contributed by atoms with Crippen LogP contribution in [0.1, 0.15) is 18.4 Å². The van der Waals surface area contributed by atoms with Gasteiger partial charge in [-0.15, -0.1) is 11.6 Å². The van der Waals surface area contributed by atoms with E-state index in [4.69, 9.17) is 21.1 Å². The molecule has 4 heteroatoms. The molecule has 19 heavy (non-hydrogen) atoms. The lowest BCUT2D eigenvalue weighted by Crippen LogP contribution is -2.32. The zero-order chi connectivity index (χ0) is 13.8. The lowest BCUT2D eigenvalue weighted by molar-refractivity contribution is -0.117. The molecular weight excluding hydrogens is 264 g/mol. The number of methoxy groups -OCH3 is 2. The summed E-state index contributed by atoms with van der Waals surface area (Å²) in [6.45, 7) is 0. The Kier molecular flexibility index (Phi) is 4.61. The van der Waals surface area contributed by atoms with Crippen molar-refractivity contribution in [3.8, 4) is 5.75 Å². The summed E-state index contributed by atoms with van der Waals surface area (Å²) in [5, 5.41) is -0.441. The summed E-state index contributed by atoms with van der Waals surface area (Å²) in [4.78, 5) is 12.1. The van der Waals surface area contributed by atoms with E-state index < -0.39 is 5.38 Å². The molecule has 2 unspecified atom stereocenters. The van der Waals surface area contributed by atoms with Crippen molar-refractivity contribution in [2.24, 2.45) is 0 Å². The first-order valence-corrected chi connectivity index (χ1v) is 6.66. The summed E-state index contributed by atoms with van der Waals surface area (Å²) >= 11 is 6.04. The second kappa shape index (κ2) is 6.22. The Morgan fingerprint density at radius 3 is 2.79 bits per heavy atom. The summed E-state index contributed by atoms with van der Waals surface area (Å²) in [6.07, 6.45) is 3.10. The van der Waals surface area contributed by atoms with Gasteiger partial charge in [-0.1, -0.05) is 12.1 Å². The van der Waals surface area contributed by atoms with Crippen molar-refractivity contribution >= 4 is 23.5 Å². The number of carbonyl (C=O) groups is 1. The van der Waals surface area contributed by atoms with Crippen LogP contribution in [0.4, 0.5) is 0 Å². The maximum Gasteiger partial charge on any atom is 0.179 e. The Morgan fingerprint density at radius 1 is 1.32 bits per heavy atom. The number of halogens is 1. The van der Waals surface area contributed by atoms with Crippen LogP contribution in [0.15, 0.2) is 29.8 Å². The molecule has 0 N–H and O–H groups in total. The van der Waals surface area contributed by atoms with Crippen molar-refractivity contribution in [1.29, 1.82) is 0 Å². The van der Waals surface area contributed by atoms with Gasteiger partial charge in [0, 0.05) is 12.7 Å². The van der Waals surface area contributed by atoms with Gasteiger partial charge in [0.1, 0.15) is 5.75 Å². The molecular formula is C15H17ClO3. The molecule has 0 aliphatic heterocycles. The van der Waals surface area contributed by atoms with Gasteiger partial charge >= 0.3 is 0 Å². The number of Topliss-reactive ketones (excluding diaryl/α,β-unsaturated/α-hetero) is 1. The Bertz CT molecular complexity index is 496. The second-order valence-electron chi connectivity index (χ2n) is 4.51. The molecule has 0 bridgehead atoms. The van der Waals surface area contributed by atoms with Gasteiger partial charge in [-0.05, 0) is 36.6 Å². The van der Waals surface area contributed by atoms with Gasteiger partial charge in [-0.25, -0.2) is 0 Å². The van der Waals surface area contributed by atoms with Crippen molar-refractivity contribution in [2.45, 2.75) is 24.3 Å². The van der Waals surface area contributed by atoms with E-state index in [0.717, 1.165) is 17.7 Å². The van der Waals surface area contributed by atoms with E-state index in [-0.39, 0.29) is 11.9 Å². The molecule has 0 amide bonds. The molecule has 1 aliphatic rings. The van der Waals surface area contributed by atoms with Crippen molar-refractivity contribution in [2.75, 3.05) is 14.2 Å². The molecule has 1 aliphatic carbocycles. The van der Waals surface area contributed by atoms with Crippen LogP contribution in [0.5, 0.6) is 5.75 Å². The minimum absolute atomic E-state index is 0.0393. The van der Waals surface area contributed by atoms with Gasteiger partial charge < -0.3 is 9.47 Å². The van der Waals surface area contributed by atoms with Gasteiger partial charge in [0.25, 0.3) is 0 Å². The number of carbonyl (C=O) groups excluding carboxylic acids is 1. The fourth-order valence-corrected chi connectivity index (χ4v) is 2.50. The number of hydrogen-bond donors (Lipinski definition) is 0. The van der Waals surface area contributed by atoms with Crippen LogP contribution in [-0.4, -0.2) is 31.5 Å². The smallest absolute Gasteiger partial charge is 0.179 e. The molecule has 0 heterocycles. The SMILES string of the molecule is COc1cccc(C=C2C(=O)C(Cl)CCC2OC)c1. The van der Waals surface area contributed by atoms with E-state index in [1.54, 1.807) is 14.2 Å². The highest BCUT2D eigenvalue weighted by molar-refractivity contribution is 6.34. The summed E-state index contributed by atoms with van der Waals surface area (Å²) < 4.78 is 10.5. The summed E-state index contributed by atoms with van der Waals surface area (Å²) in [5.41, 5.74) is 1.55. The molecule has 1 fully saturated rings. The highest BCUT2D eigenvalue weighted by Crippen LogP contribution is 2.28. The molecule has 1 saturated carbocycles. The first-order valence-electron chi connectivity index (χ1n) is 6.22. The highest BCUT2D eigenvalue weighted by Gasteiger charge is 2.32. The number of hydrogen-bond acceptors (Lipinski definition) is 3. The standard InChI is InChI=1S/C15H17ClO3/c1-18-11-5-3-4-10(8-11)9-12-14(19-2)7-6-13(16)15(12)17/h3-5,8-9,13-14H,6-7H2,1-2H3. The third-order valence-electron chi connectivity index (χ3n) is 3.30. The molecule has 2 rings (SSSR count). The van der Waals surface area contributed by atoms with Gasteiger partial charge in [-0.2, -0.15) is 0 Å². The number of alkyl halides is 1. The van der Waals surface area contributed by atoms with E-state index in [0.29, 0.717) is 12.0 Å². The monoisotopic (exact) mass is 280 g/mol. The van der Waals surface area contributed by atoms with Crippen molar-refractivity contribution < 1.29 is 14.3 Å². The number of ether oxygens (including phenoxy) is 2. The Morgan fingerprint density at radius 2 is 2.11 bits per heavy atom. The minimum atomic E-state index is -0.441. The second-order valence-corrected chi connectivity index (χ2v) is 5.04. The summed E-state index contributed by atoms with van der Waals surface area (Å²) in [5.74, 6) is 0.719. The van der Waals surface area contributed by atoms with E-state index in [1.807, 2.05) is 30.3 Å². The highest BCUT2D eigenvalue weighted by atomic mass is 35.5. The Labute approximate surface area is 118 Å². The molecule has 0 aromatic heterocycles. The van der Waals surface area contributed by atoms with E-state index >= 15 is 0 Å². The maximum atomic E-state index is 12.1. The van der Waals surface area contributed by atoms with Gasteiger partial charge in [0.2, 0.25) is 0 Å². The largest absolute Gasteiger partial charge is 0.497 e. The molecule has 0 saturated heterocycles. The summed E-state index contributed by atoms with van der Waals surface area (Å²) in [6, 6.07) is 7.56. The molecule has 1 aromatic rings. The zero-order valence-corrected chi connectivity index (χ0v) is 11.8. The topological polar surface area (TPSA) is 35.5 Å². The van der Waals surface area contributed by atoms with Crippen LogP contribution in [0.2, 0.25) is 0 Å². The van der Waals surface area contributed by atoms with Crippen LogP contribution in [-0.2, 0) is 9.53 Å². The van der Waals surface area contributed by atoms with Gasteiger partial charge in [0.05, 0.1) is 18.6 Å². The lowest BCUT2D eigenvalue weighted by atomic mass is 9.89. The molecule has 3 nitrogen and oxygen atoms in total. The van der Waals surface area contributed by atoms with Crippen LogP contribution in [0.25, 0.3) is 6.08 Å². The first-order chi connectivity index (χ1) is 9.15. The van der Waals surface area contributed by atoms with Gasteiger partial charge in [0.15, 0.2) is 5.78 Å². The Hall–Kier alpha value is -1.32.